The molecule has 1 unspecified atom stereocenters. The number of amides is 1. The van der Waals surface area contributed by atoms with Gasteiger partial charge in [0.2, 0.25) is 5.91 Å². The van der Waals surface area contributed by atoms with Crippen LogP contribution in [0.4, 0.5) is 0 Å². The Morgan fingerprint density at radius 3 is 2.71 bits per heavy atom. The van der Waals surface area contributed by atoms with Crippen LogP contribution in [0.25, 0.3) is 0 Å². The van der Waals surface area contributed by atoms with Gasteiger partial charge in [-0.1, -0.05) is 23.7 Å². The zero-order valence-electron chi connectivity index (χ0n) is 14.1. The van der Waals surface area contributed by atoms with Gasteiger partial charge in [-0.3, -0.25) is 4.79 Å². The molecule has 1 heterocycles. The average molecular weight is 393 g/mol. The second-order valence-corrected chi connectivity index (χ2v) is 7.88. The first kappa shape index (κ1) is 21.6. The Morgan fingerprint density at radius 1 is 1.42 bits per heavy atom. The van der Waals surface area contributed by atoms with E-state index < -0.39 is 0 Å². The maximum atomic E-state index is 12.4. The van der Waals surface area contributed by atoms with Gasteiger partial charge in [-0.15, -0.1) is 24.2 Å². The van der Waals surface area contributed by atoms with Gasteiger partial charge in [-0.05, 0) is 45.0 Å². The highest BCUT2D eigenvalue weighted by Gasteiger charge is 2.33. The molecule has 4 nitrogen and oxygen atoms in total. The van der Waals surface area contributed by atoms with Crippen LogP contribution in [0.15, 0.2) is 29.2 Å². The molecule has 7 heteroatoms. The number of carbonyl (C=O) groups is 1. The molecular weight excluding hydrogens is 367 g/mol. The molecule has 1 fully saturated rings. The summed E-state index contributed by atoms with van der Waals surface area (Å²) in [6.07, 6.45) is 2.04. The van der Waals surface area contributed by atoms with Gasteiger partial charge in [-0.25, -0.2) is 0 Å². The topological polar surface area (TPSA) is 50.4 Å². The van der Waals surface area contributed by atoms with E-state index in [0.29, 0.717) is 18.2 Å². The quantitative estimate of drug-likeness (QED) is 0.698. The summed E-state index contributed by atoms with van der Waals surface area (Å²) < 4.78 is 5.39. The highest BCUT2D eigenvalue weighted by atomic mass is 35.5. The summed E-state index contributed by atoms with van der Waals surface area (Å²) in [4.78, 5) is 13.4. The number of thioether (sulfide) groups is 1. The molecule has 0 saturated carbocycles. The zero-order valence-corrected chi connectivity index (χ0v) is 16.5. The molecule has 24 heavy (non-hydrogen) atoms. The summed E-state index contributed by atoms with van der Waals surface area (Å²) in [6.45, 7) is 5.21. The summed E-state index contributed by atoms with van der Waals surface area (Å²) in [7, 11) is 1.72. The normalized spacial score (nSPS) is 17.6. The van der Waals surface area contributed by atoms with E-state index in [2.05, 4.69) is 10.6 Å². The van der Waals surface area contributed by atoms with Crippen molar-refractivity contribution in [3.05, 3.63) is 29.3 Å². The maximum Gasteiger partial charge on any atom is 0.233 e. The van der Waals surface area contributed by atoms with Crippen molar-refractivity contribution in [2.24, 2.45) is 5.41 Å². The minimum absolute atomic E-state index is 0. The van der Waals surface area contributed by atoms with E-state index in [9.17, 15) is 4.79 Å². The van der Waals surface area contributed by atoms with Gasteiger partial charge in [0.1, 0.15) is 0 Å². The minimum atomic E-state index is -0.184. The molecule has 1 aromatic carbocycles. The van der Waals surface area contributed by atoms with Crippen molar-refractivity contribution >= 4 is 41.7 Å². The van der Waals surface area contributed by atoms with Gasteiger partial charge in [0, 0.05) is 24.0 Å². The number of hydrogen-bond acceptors (Lipinski definition) is 4. The first-order chi connectivity index (χ1) is 11.1. The Hall–Kier alpha value is -0.460. The molecular formula is C17H26Cl2N2O2S. The zero-order chi connectivity index (χ0) is 16.7. The number of carbonyl (C=O) groups excluding carboxylic acids is 1. The summed E-state index contributed by atoms with van der Waals surface area (Å²) in [5, 5.41) is 6.97. The van der Waals surface area contributed by atoms with E-state index in [0.717, 1.165) is 30.8 Å². The van der Waals surface area contributed by atoms with Crippen molar-refractivity contribution in [1.82, 2.24) is 10.6 Å². The smallest absolute Gasteiger partial charge is 0.233 e. The van der Waals surface area contributed by atoms with Crippen LogP contribution in [0, 0.1) is 5.41 Å². The average Bonchev–Trinajstić information content (AvgIpc) is 2.56. The van der Waals surface area contributed by atoms with Crippen LogP contribution in [-0.4, -0.2) is 44.5 Å². The molecule has 1 atom stereocenters. The lowest BCUT2D eigenvalue weighted by Gasteiger charge is -2.37. The molecule has 0 aliphatic carbocycles. The number of benzene rings is 1. The van der Waals surface area contributed by atoms with Crippen LogP contribution in [0.2, 0.25) is 5.02 Å². The van der Waals surface area contributed by atoms with Gasteiger partial charge in [0.15, 0.2) is 0 Å². The Morgan fingerprint density at radius 2 is 2.08 bits per heavy atom. The Labute approximate surface area is 159 Å². The highest BCUT2D eigenvalue weighted by Crippen LogP contribution is 2.31. The Bertz CT molecular complexity index is 520. The lowest BCUT2D eigenvalue weighted by molar-refractivity contribution is -0.121. The molecule has 2 rings (SSSR count). The van der Waals surface area contributed by atoms with Gasteiger partial charge >= 0.3 is 0 Å². The van der Waals surface area contributed by atoms with Crippen molar-refractivity contribution in [2.75, 3.05) is 33.4 Å². The van der Waals surface area contributed by atoms with E-state index in [4.69, 9.17) is 16.3 Å². The van der Waals surface area contributed by atoms with Crippen molar-refractivity contribution < 1.29 is 9.53 Å². The summed E-state index contributed by atoms with van der Waals surface area (Å²) in [5.41, 5.74) is 0.0461. The molecule has 0 spiro atoms. The van der Waals surface area contributed by atoms with Crippen LogP contribution >= 0.6 is 35.8 Å². The Balaban J connectivity index is 0.00000288. The van der Waals surface area contributed by atoms with Crippen LogP contribution in [0.5, 0.6) is 0 Å². The van der Waals surface area contributed by atoms with Gasteiger partial charge < -0.3 is 15.4 Å². The molecule has 1 saturated heterocycles. The fourth-order valence-corrected chi connectivity index (χ4v) is 4.02. The standard InChI is InChI=1S/C17H25ClN2O2S.ClH/c1-13(23-15-6-4-3-5-14(15)18)16(21)20-11-17(12-22-2)7-9-19-10-8-17;/h3-6,13,19H,7-12H2,1-2H3,(H,20,21);1H. The molecule has 0 aromatic heterocycles. The molecule has 1 aromatic rings. The van der Waals surface area contributed by atoms with Gasteiger partial charge in [-0.2, -0.15) is 0 Å². The summed E-state index contributed by atoms with van der Waals surface area (Å²) in [6, 6.07) is 7.61. The summed E-state index contributed by atoms with van der Waals surface area (Å²) in [5.74, 6) is 0.0453. The number of methoxy groups -OCH3 is 1. The van der Waals surface area contributed by atoms with E-state index >= 15 is 0 Å². The molecule has 136 valence electrons. The van der Waals surface area contributed by atoms with Crippen LogP contribution in [0.1, 0.15) is 19.8 Å². The fourth-order valence-electron chi connectivity index (χ4n) is 2.84. The second kappa shape index (κ2) is 10.5. The summed E-state index contributed by atoms with van der Waals surface area (Å²) >= 11 is 7.65. The molecule has 2 N–H and O–H groups in total. The third kappa shape index (κ3) is 6.12. The van der Waals surface area contributed by atoms with Gasteiger partial charge in [0.05, 0.1) is 16.9 Å². The Kier molecular flexibility index (Phi) is 9.45. The SMILES string of the molecule is COCC1(CNC(=O)C(C)Sc2ccccc2Cl)CCNCC1.Cl. The van der Waals surface area contributed by atoms with Crippen molar-refractivity contribution in [3.63, 3.8) is 0 Å². The van der Waals surface area contributed by atoms with E-state index in [1.54, 1.807) is 7.11 Å². The van der Waals surface area contributed by atoms with E-state index in [-0.39, 0.29) is 29.0 Å². The molecule has 1 aliphatic heterocycles. The third-order valence-corrected chi connectivity index (χ3v) is 5.88. The van der Waals surface area contributed by atoms with Gasteiger partial charge in [0.25, 0.3) is 0 Å². The highest BCUT2D eigenvalue weighted by molar-refractivity contribution is 8.00. The number of rotatable bonds is 7. The predicted molar refractivity (Wildman–Crippen MR) is 103 cm³/mol. The monoisotopic (exact) mass is 392 g/mol. The van der Waals surface area contributed by atoms with Crippen molar-refractivity contribution in [2.45, 2.75) is 29.9 Å². The molecule has 0 radical (unpaired) electrons. The van der Waals surface area contributed by atoms with Crippen molar-refractivity contribution in [1.29, 1.82) is 0 Å². The molecule has 1 aliphatic rings. The number of piperidine rings is 1. The van der Waals surface area contributed by atoms with Crippen LogP contribution < -0.4 is 10.6 Å². The first-order valence-corrected chi connectivity index (χ1v) is 9.21. The lowest BCUT2D eigenvalue weighted by atomic mass is 9.79. The molecule has 0 bridgehead atoms. The van der Waals surface area contributed by atoms with Crippen molar-refractivity contribution in [3.8, 4) is 0 Å². The first-order valence-electron chi connectivity index (χ1n) is 7.95. The lowest BCUT2D eigenvalue weighted by Crippen LogP contribution is -2.48. The van der Waals surface area contributed by atoms with E-state index in [1.165, 1.54) is 11.8 Å². The largest absolute Gasteiger partial charge is 0.384 e. The number of hydrogen-bond donors (Lipinski definition) is 2. The molecule has 1 amide bonds. The third-order valence-electron chi connectivity index (χ3n) is 4.26. The van der Waals surface area contributed by atoms with E-state index in [1.807, 2.05) is 31.2 Å². The van der Waals surface area contributed by atoms with Crippen LogP contribution in [-0.2, 0) is 9.53 Å². The second-order valence-electron chi connectivity index (χ2n) is 6.09. The fraction of sp³-hybridized carbons (Fsp3) is 0.588. The number of halogens is 2. The maximum absolute atomic E-state index is 12.4. The minimum Gasteiger partial charge on any atom is -0.384 e. The predicted octanol–water partition coefficient (Wildman–Crippen LogP) is 3.37. The number of nitrogens with one attached hydrogen (secondary N) is 2. The number of ether oxygens (including phenoxy) is 1. The van der Waals surface area contributed by atoms with Crippen LogP contribution in [0.3, 0.4) is 0 Å².